The van der Waals surface area contributed by atoms with E-state index in [1.165, 1.54) is 5.56 Å². The highest BCUT2D eigenvalue weighted by atomic mass is 35.5. The quantitative estimate of drug-likeness (QED) is 0.631. The summed E-state index contributed by atoms with van der Waals surface area (Å²) >= 11 is 5.50. The van der Waals surface area contributed by atoms with Crippen LogP contribution in [0.4, 0.5) is 0 Å². The van der Waals surface area contributed by atoms with E-state index in [1.54, 1.807) is 0 Å². The van der Waals surface area contributed by atoms with Gasteiger partial charge < -0.3 is 5.32 Å². The van der Waals surface area contributed by atoms with E-state index >= 15 is 0 Å². The summed E-state index contributed by atoms with van der Waals surface area (Å²) in [5.41, 5.74) is 1.27. The molecule has 3 heteroatoms. The molecule has 0 bridgehead atoms. The van der Waals surface area contributed by atoms with Gasteiger partial charge in [-0.25, -0.2) is 0 Å². The van der Waals surface area contributed by atoms with Crippen LogP contribution in [0, 0.1) is 5.92 Å². The first-order chi connectivity index (χ1) is 8.33. The molecule has 0 heterocycles. The van der Waals surface area contributed by atoms with E-state index in [4.69, 9.17) is 11.6 Å². The number of nitrogens with one attached hydrogen (secondary N) is 1. The minimum atomic E-state index is 0.151. The fraction of sp³-hybridized carbons (Fsp3) is 0.357. The topological polar surface area (TPSA) is 29.1 Å². The average molecular weight is 250 g/mol. The van der Waals surface area contributed by atoms with Crippen LogP contribution in [0.3, 0.4) is 0 Å². The van der Waals surface area contributed by atoms with Gasteiger partial charge in [-0.2, -0.15) is 0 Å². The zero-order chi connectivity index (χ0) is 12.1. The molecule has 1 aliphatic rings. The lowest BCUT2D eigenvalue weighted by atomic mass is 10.1. The maximum Gasteiger partial charge on any atom is 0.223 e. The number of halogens is 1. The van der Waals surface area contributed by atoms with Crippen LogP contribution < -0.4 is 5.32 Å². The highest BCUT2D eigenvalue weighted by Crippen LogP contribution is 2.47. The fourth-order valence-corrected chi connectivity index (χ4v) is 2.12. The lowest BCUT2D eigenvalue weighted by molar-refractivity contribution is -0.122. The molecule has 0 spiro atoms. The Labute approximate surface area is 107 Å². The maximum absolute atomic E-state index is 11.8. The van der Waals surface area contributed by atoms with Crippen molar-refractivity contribution in [2.24, 2.45) is 5.92 Å². The molecular weight excluding hydrogens is 234 g/mol. The van der Waals surface area contributed by atoms with E-state index in [2.05, 4.69) is 17.4 Å². The predicted molar refractivity (Wildman–Crippen MR) is 70.2 cm³/mol. The van der Waals surface area contributed by atoms with Crippen LogP contribution in [0.1, 0.15) is 17.9 Å². The lowest BCUT2D eigenvalue weighted by Crippen LogP contribution is -2.25. The molecule has 1 saturated carbocycles. The Morgan fingerprint density at radius 3 is 2.82 bits per heavy atom. The van der Waals surface area contributed by atoms with Gasteiger partial charge in [0.1, 0.15) is 0 Å². The molecule has 1 aromatic rings. The first-order valence-corrected chi connectivity index (χ1v) is 6.40. The lowest BCUT2D eigenvalue weighted by Gasteiger charge is -2.01. The van der Waals surface area contributed by atoms with Gasteiger partial charge in [-0.15, -0.1) is 11.6 Å². The molecule has 2 nitrogen and oxygen atoms in total. The summed E-state index contributed by atoms with van der Waals surface area (Å²) in [6.07, 6.45) is 4.68. The molecule has 1 N–H and O–H groups in total. The van der Waals surface area contributed by atoms with Gasteiger partial charge in [0, 0.05) is 18.3 Å². The van der Waals surface area contributed by atoms with Crippen LogP contribution in [-0.2, 0) is 4.79 Å². The number of carbonyl (C=O) groups is 1. The maximum atomic E-state index is 11.8. The van der Waals surface area contributed by atoms with Crippen molar-refractivity contribution in [1.29, 1.82) is 0 Å². The molecule has 0 aromatic heterocycles. The average Bonchev–Trinajstić information content (AvgIpc) is 3.16. The summed E-state index contributed by atoms with van der Waals surface area (Å²) in [7, 11) is 0. The van der Waals surface area contributed by atoms with Gasteiger partial charge in [-0.1, -0.05) is 42.5 Å². The second kappa shape index (κ2) is 5.87. The van der Waals surface area contributed by atoms with Crippen molar-refractivity contribution in [2.75, 3.05) is 12.4 Å². The number of benzene rings is 1. The fourth-order valence-electron chi connectivity index (χ4n) is 1.99. The number of carbonyl (C=O) groups excluding carboxylic acids is 1. The third-order valence-corrected chi connectivity index (χ3v) is 3.18. The monoisotopic (exact) mass is 249 g/mol. The highest BCUT2D eigenvalue weighted by molar-refractivity contribution is 6.18. The molecule has 1 aliphatic carbocycles. The summed E-state index contributed by atoms with van der Waals surface area (Å²) in [6.45, 7) is 0.573. The molecular formula is C14H16ClNO. The van der Waals surface area contributed by atoms with Crippen molar-refractivity contribution >= 4 is 17.5 Å². The Hall–Kier alpha value is -1.28. The Bertz CT molecular complexity index is 402. The first kappa shape index (κ1) is 12.2. The molecule has 0 radical (unpaired) electrons. The molecule has 2 atom stereocenters. The predicted octanol–water partition coefficient (Wildman–Crippen LogP) is 2.70. The Morgan fingerprint density at radius 2 is 2.12 bits per heavy atom. The standard InChI is InChI=1S/C14H16ClNO/c15-8-4-5-9-16-14(17)13-10-12(13)11-6-2-1-3-7-11/h1-7,12-13H,8-10H2,(H,16,17)/b5-4+. The van der Waals surface area contributed by atoms with Crippen molar-refractivity contribution in [3.63, 3.8) is 0 Å². The normalized spacial score (nSPS) is 22.6. The first-order valence-electron chi connectivity index (χ1n) is 5.86. The number of alkyl halides is 1. The second-order valence-electron chi connectivity index (χ2n) is 4.23. The van der Waals surface area contributed by atoms with Gasteiger partial charge in [-0.3, -0.25) is 4.79 Å². The van der Waals surface area contributed by atoms with Crippen LogP contribution in [0.25, 0.3) is 0 Å². The van der Waals surface area contributed by atoms with Crippen molar-refractivity contribution in [3.05, 3.63) is 48.0 Å². The van der Waals surface area contributed by atoms with Gasteiger partial charge in [0.2, 0.25) is 5.91 Å². The molecule has 17 heavy (non-hydrogen) atoms. The minimum Gasteiger partial charge on any atom is -0.352 e. The number of rotatable bonds is 5. The number of amides is 1. The Balaban J connectivity index is 1.79. The summed E-state index contributed by atoms with van der Waals surface area (Å²) < 4.78 is 0. The van der Waals surface area contributed by atoms with E-state index in [-0.39, 0.29) is 11.8 Å². The van der Waals surface area contributed by atoms with Crippen LogP contribution in [-0.4, -0.2) is 18.3 Å². The molecule has 90 valence electrons. The summed E-state index contributed by atoms with van der Waals surface area (Å²) in [6, 6.07) is 10.2. The summed E-state index contributed by atoms with van der Waals surface area (Å²) in [4.78, 5) is 11.8. The smallest absolute Gasteiger partial charge is 0.223 e. The largest absolute Gasteiger partial charge is 0.352 e. The molecule has 0 aliphatic heterocycles. The molecule has 1 aromatic carbocycles. The van der Waals surface area contributed by atoms with E-state index in [9.17, 15) is 4.79 Å². The highest BCUT2D eigenvalue weighted by Gasteiger charge is 2.43. The van der Waals surface area contributed by atoms with Crippen LogP contribution >= 0.6 is 11.6 Å². The number of allylic oxidation sites excluding steroid dienone is 1. The molecule has 1 amide bonds. The zero-order valence-corrected chi connectivity index (χ0v) is 10.4. The van der Waals surface area contributed by atoms with Crippen molar-refractivity contribution in [1.82, 2.24) is 5.32 Å². The van der Waals surface area contributed by atoms with E-state index < -0.39 is 0 Å². The van der Waals surface area contributed by atoms with Gasteiger partial charge in [-0.05, 0) is 17.9 Å². The van der Waals surface area contributed by atoms with E-state index in [1.807, 2.05) is 30.4 Å². The van der Waals surface area contributed by atoms with Crippen molar-refractivity contribution in [3.8, 4) is 0 Å². The van der Waals surface area contributed by atoms with Gasteiger partial charge >= 0.3 is 0 Å². The molecule has 1 fully saturated rings. The summed E-state index contributed by atoms with van der Waals surface area (Å²) in [5.74, 6) is 1.21. The zero-order valence-electron chi connectivity index (χ0n) is 9.60. The van der Waals surface area contributed by atoms with Gasteiger partial charge in [0.05, 0.1) is 0 Å². The third kappa shape index (κ3) is 3.34. The van der Waals surface area contributed by atoms with Crippen LogP contribution in [0.2, 0.25) is 0 Å². The van der Waals surface area contributed by atoms with Crippen molar-refractivity contribution < 1.29 is 4.79 Å². The van der Waals surface area contributed by atoms with E-state index in [0.717, 1.165) is 6.42 Å². The van der Waals surface area contributed by atoms with Gasteiger partial charge in [0.25, 0.3) is 0 Å². The van der Waals surface area contributed by atoms with Crippen LogP contribution in [0.15, 0.2) is 42.5 Å². The molecule has 2 unspecified atom stereocenters. The number of hydrogen-bond donors (Lipinski definition) is 1. The van der Waals surface area contributed by atoms with Crippen LogP contribution in [0.5, 0.6) is 0 Å². The SMILES string of the molecule is O=C(NC/C=C/CCl)C1CC1c1ccccc1. The molecule has 0 saturated heterocycles. The summed E-state index contributed by atoms with van der Waals surface area (Å²) in [5, 5.41) is 2.89. The molecule has 2 rings (SSSR count). The van der Waals surface area contributed by atoms with Crippen molar-refractivity contribution in [2.45, 2.75) is 12.3 Å². The minimum absolute atomic E-state index is 0.151. The van der Waals surface area contributed by atoms with E-state index in [0.29, 0.717) is 18.3 Å². The Morgan fingerprint density at radius 1 is 1.35 bits per heavy atom. The number of hydrogen-bond acceptors (Lipinski definition) is 1. The second-order valence-corrected chi connectivity index (χ2v) is 4.54. The van der Waals surface area contributed by atoms with Gasteiger partial charge in [0.15, 0.2) is 0 Å². The third-order valence-electron chi connectivity index (χ3n) is 3.00. The Kier molecular flexibility index (Phi) is 4.21.